The molecule has 0 aliphatic carbocycles. The summed E-state index contributed by atoms with van der Waals surface area (Å²) >= 11 is 24.6. The average Bonchev–Trinajstić information content (AvgIpc) is 2.08. The molecule has 0 radical (unpaired) electrons. The van der Waals surface area contributed by atoms with Gasteiger partial charge >= 0.3 is 37.7 Å². The summed E-state index contributed by atoms with van der Waals surface area (Å²) in [5.41, 5.74) is 55.4. The molecule has 0 aromatic carbocycles. The third-order valence-corrected chi connectivity index (χ3v) is 0. The Hall–Kier alpha value is 0.860. The maximum atomic E-state index is 4.62. The molecule has 24 N–H and O–H groups in total. The Bertz CT molecular complexity index is 284. The molecule has 0 aliphatic rings. The molecule has 0 rings (SSSR count). The second kappa shape index (κ2) is 50.5. The minimum absolute atomic E-state index is 0. The van der Waals surface area contributed by atoms with E-state index in [0.29, 0.717) is 0 Å². The quantitative estimate of drug-likeness (QED) is 0.0621. The predicted octanol–water partition coefficient (Wildman–Crippen LogP) is -11.2. The molecule has 0 aromatic rings. The van der Waals surface area contributed by atoms with E-state index < -0.39 is 0 Å². The Morgan fingerprint density at radius 3 is 0.296 bits per heavy atom. The average molecular weight is 751 g/mol. The van der Waals surface area contributed by atoms with Gasteiger partial charge in [0.2, 0.25) is 0 Å². The van der Waals surface area contributed by atoms with Crippen molar-refractivity contribution in [3.8, 4) is 0 Å². The van der Waals surface area contributed by atoms with Gasteiger partial charge in [0.05, 0.1) is 0 Å². The first-order chi connectivity index (χ1) is 10.4. The van der Waals surface area contributed by atoms with E-state index in [0.717, 1.165) is 0 Å². The van der Waals surface area contributed by atoms with Crippen LogP contribution in [-0.2, 0) is 0 Å². The second-order valence-corrected chi connectivity index (χ2v) is 5.24. The van der Waals surface area contributed by atoms with Crippen molar-refractivity contribution in [2.24, 2.45) is 68.8 Å². The molecule has 0 saturated carbocycles. The summed E-state index contributed by atoms with van der Waals surface area (Å²) < 4.78 is 0. The number of rotatable bonds is 0. The fraction of sp³-hybridized carbons (Fsp3) is 0. The van der Waals surface area contributed by atoms with E-state index in [4.69, 9.17) is 0 Å². The van der Waals surface area contributed by atoms with Gasteiger partial charge in [0.25, 0.3) is 0 Å². The van der Waals surface area contributed by atoms with Crippen LogP contribution in [0.15, 0.2) is 0 Å². The molecule has 0 bridgehead atoms. The molecule has 0 unspecified atom stereocenters. The van der Waals surface area contributed by atoms with Crippen LogP contribution in [0, 0.1) is 0 Å². The van der Waals surface area contributed by atoms with Crippen molar-refractivity contribution < 1.29 is 48.0 Å². The van der Waals surface area contributed by atoms with E-state index in [1.807, 2.05) is 0 Å². The summed E-state index contributed by atoms with van der Waals surface area (Å²) in [5.74, 6) is 0. The molecular formula is C6H24CaI2N12S6. The third kappa shape index (κ3) is 22500. The van der Waals surface area contributed by atoms with Gasteiger partial charge in [-0.25, -0.2) is 0 Å². The van der Waals surface area contributed by atoms with Crippen LogP contribution in [0.4, 0.5) is 0 Å². The monoisotopic (exact) mass is 750 g/mol. The van der Waals surface area contributed by atoms with Crippen LogP contribution in [0.5, 0.6) is 0 Å². The summed E-state index contributed by atoms with van der Waals surface area (Å²) in [7, 11) is 0. The zero-order valence-corrected chi connectivity index (χ0v) is 25.3. The van der Waals surface area contributed by atoms with Gasteiger partial charge in [0.15, 0.2) is 30.7 Å². The minimum atomic E-state index is 0. The summed E-state index contributed by atoms with van der Waals surface area (Å²) in [4.78, 5) is 0. The van der Waals surface area contributed by atoms with Crippen molar-refractivity contribution in [3.63, 3.8) is 0 Å². The molecule has 0 fully saturated rings. The maximum Gasteiger partial charge on any atom is 2.00 e. The Morgan fingerprint density at radius 2 is 0.296 bits per heavy atom. The fourth-order valence-electron chi connectivity index (χ4n) is 0. The Morgan fingerprint density at radius 1 is 0.296 bits per heavy atom. The fourth-order valence-corrected chi connectivity index (χ4v) is 0. The molecule has 21 heteroatoms. The number of thiocarbonyl (C=S) groups is 6. The van der Waals surface area contributed by atoms with Crippen LogP contribution in [-0.4, -0.2) is 68.4 Å². The Labute approximate surface area is 254 Å². The molecule has 0 saturated heterocycles. The van der Waals surface area contributed by atoms with Gasteiger partial charge in [-0.3, -0.25) is 0 Å². The predicted molar refractivity (Wildman–Crippen MR) is 132 cm³/mol. The van der Waals surface area contributed by atoms with E-state index in [1.54, 1.807) is 0 Å². The Kier molecular flexibility index (Phi) is 106. The largest absolute Gasteiger partial charge is 2.00 e. The van der Waals surface area contributed by atoms with Crippen molar-refractivity contribution in [1.29, 1.82) is 0 Å². The number of hydrogen-bond acceptors (Lipinski definition) is 6. The van der Waals surface area contributed by atoms with Gasteiger partial charge < -0.3 is 117 Å². The van der Waals surface area contributed by atoms with Gasteiger partial charge in [-0.1, -0.05) is 0 Å². The Balaban J connectivity index is -0.0000000201. The number of halogens is 2. The van der Waals surface area contributed by atoms with Crippen LogP contribution >= 0.6 is 73.3 Å². The first-order valence-corrected chi connectivity index (χ1v) is 7.14. The van der Waals surface area contributed by atoms with Crippen LogP contribution in [0.25, 0.3) is 0 Å². The second-order valence-electron chi connectivity index (χ2n) is 2.41. The van der Waals surface area contributed by atoms with Crippen LogP contribution < -0.4 is 117 Å². The van der Waals surface area contributed by atoms with Crippen molar-refractivity contribution in [3.05, 3.63) is 0 Å². The molecule has 0 atom stereocenters. The van der Waals surface area contributed by atoms with Gasteiger partial charge in [0.1, 0.15) is 0 Å². The zero-order valence-electron chi connectivity index (χ0n) is 13.8. The maximum absolute atomic E-state index is 4.62. The van der Waals surface area contributed by atoms with Gasteiger partial charge in [-0.05, 0) is 73.3 Å². The summed E-state index contributed by atoms with van der Waals surface area (Å²) in [5, 5.41) is 0.00000000000000133. The number of nitrogens with two attached hydrogens (primary N) is 12. The van der Waals surface area contributed by atoms with Gasteiger partial charge in [-0.15, -0.1) is 0 Å². The van der Waals surface area contributed by atoms with Crippen LogP contribution in [0.1, 0.15) is 0 Å². The summed E-state index contributed by atoms with van der Waals surface area (Å²) in [6, 6.07) is 0. The summed E-state index contributed by atoms with van der Waals surface area (Å²) in [6.45, 7) is 0. The van der Waals surface area contributed by atoms with Crippen molar-refractivity contribution in [2.75, 3.05) is 0 Å². The van der Waals surface area contributed by atoms with E-state index >= 15 is 0 Å². The molecule has 0 spiro atoms. The molecule has 0 heterocycles. The first-order valence-electron chi connectivity index (χ1n) is 4.69. The molecule has 160 valence electrons. The topological polar surface area (TPSA) is 312 Å². The SMILES string of the molecule is NC(N)=S.NC(N)=S.NC(N)=S.NC(N)=S.NC(N)=S.NC(N)=S.[Ca+2].[I-].[I-]. The van der Waals surface area contributed by atoms with Crippen molar-refractivity contribution >= 4 is 142 Å². The molecule has 12 nitrogen and oxygen atoms in total. The van der Waals surface area contributed by atoms with Crippen molar-refractivity contribution in [2.45, 2.75) is 0 Å². The molecule has 0 aliphatic heterocycles. The van der Waals surface area contributed by atoms with E-state index in [1.165, 1.54) is 0 Å². The smallest absolute Gasteiger partial charge is 1.00 e. The van der Waals surface area contributed by atoms with E-state index in [9.17, 15) is 0 Å². The van der Waals surface area contributed by atoms with Crippen LogP contribution in [0.3, 0.4) is 0 Å². The first kappa shape index (κ1) is 56.5. The summed E-state index contributed by atoms with van der Waals surface area (Å²) in [6.07, 6.45) is 0. The zero-order chi connectivity index (χ0) is 21.5. The molecule has 0 aromatic heterocycles. The van der Waals surface area contributed by atoms with Gasteiger partial charge in [-0.2, -0.15) is 0 Å². The van der Waals surface area contributed by atoms with E-state index in [-0.39, 0.29) is 116 Å². The van der Waals surface area contributed by atoms with E-state index in [2.05, 4.69) is 142 Å². The number of hydrogen-bond donors (Lipinski definition) is 12. The van der Waals surface area contributed by atoms with Gasteiger partial charge in [0, 0.05) is 0 Å². The molecular weight excluding hydrogens is 726 g/mol. The van der Waals surface area contributed by atoms with Crippen LogP contribution in [0.2, 0.25) is 0 Å². The van der Waals surface area contributed by atoms with Crippen molar-refractivity contribution in [1.82, 2.24) is 0 Å². The standard InChI is InChI=1S/6CH4N2S.Ca.2HI/c6*2-1(3)4;;;/h6*(H4,2,3,4);;2*1H/q;;;;;;+2;;/p-2. The molecule has 27 heavy (non-hydrogen) atoms. The normalized spacial score (nSPS) is 5.33. The minimum Gasteiger partial charge on any atom is -1.00 e. The molecule has 0 amide bonds. The third-order valence-electron chi connectivity index (χ3n) is 0.